The van der Waals surface area contributed by atoms with E-state index in [1.165, 1.54) is 94.6 Å². The number of hydrogen-bond acceptors (Lipinski definition) is 1. The van der Waals surface area contributed by atoms with Gasteiger partial charge in [0.2, 0.25) is 0 Å². The summed E-state index contributed by atoms with van der Waals surface area (Å²) in [5.41, 5.74) is 25.1. The zero-order chi connectivity index (χ0) is 44.9. The summed E-state index contributed by atoms with van der Waals surface area (Å²) in [4.78, 5) is 2.50. The summed E-state index contributed by atoms with van der Waals surface area (Å²) in [5.74, 6) is 1.25. The molecule has 0 N–H and O–H groups in total. The molecular formula is C65H55N. The lowest BCUT2D eigenvalue weighted by Crippen LogP contribution is -2.29. The van der Waals surface area contributed by atoms with Gasteiger partial charge in [-0.25, -0.2) is 0 Å². The van der Waals surface area contributed by atoms with Crippen molar-refractivity contribution in [1.29, 1.82) is 0 Å². The first-order valence-corrected chi connectivity index (χ1v) is 24.0. The van der Waals surface area contributed by atoms with Gasteiger partial charge in [0.1, 0.15) is 0 Å². The van der Waals surface area contributed by atoms with Crippen molar-refractivity contribution < 1.29 is 0 Å². The van der Waals surface area contributed by atoms with E-state index in [4.69, 9.17) is 0 Å². The molecule has 9 aromatic rings. The maximum Gasteiger partial charge on any atom is 0.0726 e. The molecule has 0 radical (unpaired) electrons. The second kappa shape index (κ2) is 15.2. The van der Waals surface area contributed by atoms with E-state index in [-0.39, 0.29) is 0 Å². The van der Waals surface area contributed by atoms with E-state index in [1.54, 1.807) is 0 Å². The highest BCUT2D eigenvalue weighted by Crippen LogP contribution is 2.64. The van der Waals surface area contributed by atoms with Crippen LogP contribution in [-0.4, -0.2) is 0 Å². The molecule has 0 saturated heterocycles. The number of hydrogen-bond donors (Lipinski definition) is 0. The largest absolute Gasteiger partial charge is 0.310 e. The van der Waals surface area contributed by atoms with Crippen LogP contribution in [0.3, 0.4) is 0 Å². The Labute approximate surface area is 391 Å². The molecule has 1 spiro atoms. The average molecular weight is 850 g/mol. The lowest BCUT2D eigenvalue weighted by molar-refractivity contribution is 0.765. The Bertz CT molecular complexity index is 3320. The zero-order valence-corrected chi connectivity index (χ0v) is 38.8. The molecule has 66 heavy (non-hydrogen) atoms. The number of anilines is 3. The minimum atomic E-state index is -0.524. The minimum Gasteiger partial charge on any atom is -0.310 e. The van der Waals surface area contributed by atoms with Crippen LogP contribution in [0.2, 0.25) is 0 Å². The molecule has 1 heteroatoms. The predicted octanol–water partition coefficient (Wildman–Crippen LogP) is 17.2. The molecule has 0 saturated carbocycles. The number of para-hydroxylation sites is 1. The first kappa shape index (κ1) is 40.3. The molecule has 3 aliphatic carbocycles. The van der Waals surface area contributed by atoms with Crippen LogP contribution in [0.15, 0.2) is 206 Å². The highest BCUT2D eigenvalue weighted by atomic mass is 15.1. The van der Waals surface area contributed by atoms with E-state index in [0.717, 1.165) is 17.1 Å². The Morgan fingerprint density at radius 2 is 0.636 bits per heavy atom. The maximum atomic E-state index is 2.54. The van der Waals surface area contributed by atoms with Crippen molar-refractivity contribution in [2.24, 2.45) is 0 Å². The van der Waals surface area contributed by atoms with Gasteiger partial charge >= 0.3 is 0 Å². The smallest absolute Gasteiger partial charge is 0.0726 e. The third-order valence-corrected chi connectivity index (χ3v) is 15.3. The summed E-state index contributed by atoms with van der Waals surface area (Å²) in [7, 11) is 0. The fourth-order valence-electron chi connectivity index (χ4n) is 12.1. The summed E-state index contributed by atoms with van der Waals surface area (Å²) in [6, 6.07) is 79.2. The molecule has 0 amide bonds. The highest BCUT2D eigenvalue weighted by molar-refractivity contribution is 5.97. The van der Waals surface area contributed by atoms with Crippen molar-refractivity contribution in [3.63, 3.8) is 0 Å². The van der Waals surface area contributed by atoms with Gasteiger partial charge < -0.3 is 4.90 Å². The normalized spacial score (nSPS) is 17.2. The second-order valence-corrected chi connectivity index (χ2v) is 19.8. The van der Waals surface area contributed by atoms with Crippen molar-refractivity contribution in [3.05, 3.63) is 267 Å². The summed E-state index contributed by atoms with van der Waals surface area (Å²) in [5, 5.41) is 0. The van der Waals surface area contributed by atoms with Crippen LogP contribution in [0.4, 0.5) is 17.1 Å². The Balaban J connectivity index is 1.13. The summed E-state index contributed by atoms with van der Waals surface area (Å²) in [6.45, 7) is 13.8. The highest BCUT2D eigenvalue weighted by Gasteiger charge is 2.52. The van der Waals surface area contributed by atoms with Crippen LogP contribution in [-0.2, 0) is 10.8 Å². The quantitative estimate of drug-likeness (QED) is 0.147. The van der Waals surface area contributed by atoms with Crippen molar-refractivity contribution >= 4 is 17.1 Å². The first-order valence-electron chi connectivity index (χ1n) is 24.0. The van der Waals surface area contributed by atoms with Gasteiger partial charge in [0.05, 0.1) is 10.8 Å². The molecule has 12 rings (SSSR count). The summed E-state index contributed by atoms with van der Waals surface area (Å²) < 4.78 is 0. The van der Waals surface area contributed by atoms with Crippen LogP contribution in [0.25, 0.3) is 33.4 Å². The molecule has 2 unspecified atom stereocenters. The van der Waals surface area contributed by atoms with Crippen molar-refractivity contribution in [1.82, 2.24) is 0 Å². The third-order valence-electron chi connectivity index (χ3n) is 15.3. The van der Waals surface area contributed by atoms with Crippen LogP contribution in [0.1, 0.15) is 120 Å². The van der Waals surface area contributed by atoms with E-state index < -0.39 is 10.8 Å². The van der Waals surface area contributed by atoms with E-state index >= 15 is 0 Å². The fraction of sp³-hybridized carbons (Fsp3) is 0.169. The molecule has 3 aliphatic rings. The van der Waals surface area contributed by atoms with E-state index in [2.05, 4.69) is 253 Å². The molecule has 1 nitrogen and oxygen atoms in total. The van der Waals surface area contributed by atoms with E-state index in [9.17, 15) is 0 Å². The minimum absolute atomic E-state index is 0.403. The number of benzene rings is 9. The van der Waals surface area contributed by atoms with E-state index in [0.29, 0.717) is 17.8 Å². The monoisotopic (exact) mass is 849 g/mol. The van der Waals surface area contributed by atoms with Crippen molar-refractivity contribution in [2.45, 2.75) is 70.1 Å². The lowest BCUT2D eigenvalue weighted by atomic mass is 9.67. The van der Waals surface area contributed by atoms with Gasteiger partial charge in [0.25, 0.3) is 0 Å². The number of fused-ring (bicyclic) bond motifs is 13. The Kier molecular flexibility index (Phi) is 9.27. The summed E-state index contributed by atoms with van der Waals surface area (Å²) >= 11 is 0. The van der Waals surface area contributed by atoms with Crippen LogP contribution in [0.5, 0.6) is 0 Å². The SMILES string of the molecule is CC(C)c1ccc(C2(c3ccccc3)c3ccccc3-c3ccc(N(c4ccccc4)c4ccc5c(c4)C4(c6ccccc6-c6ccc(C(C)C)cc64)c4cc(C(C)C)ccc4-5)cc32)cc1. The first-order chi connectivity index (χ1) is 32.2. The molecule has 0 fully saturated rings. The predicted molar refractivity (Wildman–Crippen MR) is 277 cm³/mol. The standard InChI is InChI=1S/C65H55N/c1-41(2)44-25-29-48(30-26-44)64(47-17-9-7-10-18-47)58-23-15-13-21-52(58)56-35-31-50(39-62(56)64)66(49-19-11-8-12-20-49)51-32-36-57-55-34-28-46(43(5)6)38-61(55)65(63(57)40-51)59-24-16-14-22-53(59)54-33-27-45(42(3)4)37-60(54)65/h7-43H,1-6H3. The second-order valence-electron chi connectivity index (χ2n) is 19.8. The molecule has 0 bridgehead atoms. The molecule has 9 aromatic carbocycles. The molecule has 0 aliphatic heterocycles. The van der Waals surface area contributed by atoms with Gasteiger partial charge in [-0.05, 0) is 149 Å². The van der Waals surface area contributed by atoms with Crippen LogP contribution < -0.4 is 4.90 Å². The zero-order valence-electron chi connectivity index (χ0n) is 38.8. The lowest BCUT2D eigenvalue weighted by Gasteiger charge is -2.35. The van der Waals surface area contributed by atoms with Gasteiger partial charge in [-0.15, -0.1) is 0 Å². The van der Waals surface area contributed by atoms with Gasteiger partial charge in [-0.3, -0.25) is 0 Å². The van der Waals surface area contributed by atoms with Gasteiger partial charge in [-0.2, -0.15) is 0 Å². The van der Waals surface area contributed by atoms with Crippen molar-refractivity contribution in [2.75, 3.05) is 4.90 Å². The fourth-order valence-corrected chi connectivity index (χ4v) is 12.1. The van der Waals surface area contributed by atoms with Gasteiger partial charge in [0.15, 0.2) is 0 Å². The number of rotatable bonds is 8. The topological polar surface area (TPSA) is 3.24 Å². The van der Waals surface area contributed by atoms with Crippen molar-refractivity contribution in [3.8, 4) is 33.4 Å². The molecule has 0 heterocycles. The molecule has 320 valence electrons. The maximum absolute atomic E-state index is 2.54. The van der Waals surface area contributed by atoms with Gasteiger partial charge in [-0.1, -0.05) is 211 Å². The summed E-state index contributed by atoms with van der Waals surface area (Å²) in [6.07, 6.45) is 0. The van der Waals surface area contributed by atoms with Crippen LogP contribution in [0, 0.1) is 0 Å². The van der Waals surface area contributed by atoms with E-state index in [1.807, 2.05) is 0 Å². The van der Waals surface area contributed by atoms with Crippen LogP contribution >= 0.6 is 0 Å². The molecule has 2 atom stereocenters. The van der Waals surface area contributed by atoms with Gasteiger partial charge in [0, 0.05) is 17.1 Å². The Morgan fingerprint density at radius 1 is 0.273 bits per heavy atom. The third kappa shape index (κ3) is 5.65. The Hall–Kier alpha value is -7.22. The Morgan fingerprint density at radius 3 is 1.14 bits per heavy atom. The molecular weight excluding hydrogens is 795 g/mol. The number of nitrogens with zero attached hydrogens (tertiary/aromatic N) is 1. The average Bonchev–Trinajstić information content (AvgIpc) is 3.94. The molecule has 0 aromatic heterocycles.